The predicted molar refractivity (Wildman–Crippen MR) is 68.3 cm³/mol. The first kappa shape index (κ1) is 10.4. The van der Waals surface area contributed by atoms with Crippen molar-refractivity contribution in [2.24, 2.45) is 0 Å². The van der Waals surface area contributed by atoms with E-state index in [1.807, 2.05) is 12.3 Å². The fraction of sp³-hybridized carbons (Fsp3) is 0.250. The highest BCUT2D eigenvalue weighted by Crippen LogP contribution is 2.27. The Labute approximate surface area is 97.8 Å². The molecule has 0 aliphatic carbocycles. The molecule has 2 nitrogen and oxygen atoms in total. The van der Waals surface area contributed by atoms with Crippen LogP contribution < -0.4 is 5.32 Å². The molecule has 0 aliphatic heterocycles. The van der Waals surface area contributed by atoms with Crippen LogP contribution in [0, 0.1) is 6.92 Å². The monoisotopic (exact) mass is 264 g/mol. The SMILES string of the molecule is CCNc1ccnc2c(C)cc(Br)cc12. The van der Waals surface area contributed by atoms with Crippen molar-refractivity contribution < 1.29 is 0 Å². The van der Waals surface area contributed by atoms with Gasteiger partial charge in [-0.25, -0.2) is 0 Å². The van der Waals surface area contributed by atoms with Gasteiger partial charge in [-0.15, -0.1) is 0 Å². The largest absolute Gasteiger partial charge is 0.385 e. The van der Waals surface area contributed by atoms with Gasteiger partial charge < -0.3 is 5.32 Å². The van der Waals surface area contributed by atoms with Gasteiger partial charge in [0, 0.05) is 28.3 Å². The van der Waals surface area contributed by atoms with Crippen LogP contribution in [0.15, 0.2) is 28.9 Å². The molecule has 0 amide bonds. The first-order valence-corrected chi connectivity index (χ1v) is 5.80. The van der Waals surface area contributed by atoms with Gasteiger partial charge in [0.05, 0.1) is 5.52 Å². The Bertz CT molecular complexity index is 494. The number of fused-ring (bicyclic) bond motifs is 1. The van der Waals surface area contributed by atoms with Crippen molar-refractivity contribution >= 4 is 32.5 Å². The molecular formula is C12H13BrN2. The lowest BCUT2D eigenvalue weighted by atomic mass is 10.1. The molecule has 2 aromatic rings. The van der Waals surface area contributed by atoms with Crippen molar-refractivity contribution in [1.29, 1.82) is 0 Å². The fourth-order valence-corrected chi connectivity index (χ4v) is 2.31. The number of aryl methyl sites for hydroxylation is 1. The van der Waals surface area contributed by atoms with Crippen molar-refractivity contribution in [2.75, 3.05) is 11.9 Å². The zero-order valence-electron chi connectivity index (χ0n) is 8.84. The molecule has 0 saturated heterocycles. The summed E-state index contributed by atoms with van der Waals surface area (Å²) in [4.78, 5) is 4.40. The maximum absolute atomic E-state index is 4.40. The van der Waals surface area contributed by atoms with E-state index in [9.17, 15) is 0 Å². The topological polar surface area (TPSA) is 24.9 Å². The van der Waals surface area contributed by atoms with E-state index in [4.69, 9.17) is 0 Å². The van der Waals surface area contributed by atoms with Crippen molar-refractivity contribution in [1.82, 2.24) is 4.98 Å². The average molecular weight is 265 g/mol. The van der Waals surface area contributed by atoms with E-state index in [0.717, 1.165) is 22.2 Å². The lowest BCUT2D eigenvalue weighted by molar-refractivity contribution is 1.21. The Morgan fingerprint density at radius 1 is 1.40 bits per heavy atom. The molecule has 0 spiro atoms. The number of aromatic nitrogens is 1. The molecule has 78 valence electrons. The molecule has 0 bridgehead atoms. The molecule has 15 heavy (non-hydrogen) atoms. The summed E-state index contributed by atoms with van der Waals surface area (Å²) in [5.74, 6) is 0. The van der Waals surface area contributed by atoms with Gasteiger partial charge in [0.1, 0.15) is 0 Å². The van der Waals surface area contributed by atoms with Crippen molar-refractivity contribution in [3.8, 4) is 0 Å². The van der Waals surface area contributed by atoms with Gasteiger partial charge in [-0.3, -0.25) is 4.98 Å². The third-order valence-corrected chi connectivity index (χ3v) is 2.83. The molecule has 1 N–H and O–H groups in total. The molecular weight excluding hydrogens is 252 g/mol. The summed E-state index contributed by atoms with van der Waals surface area (Å²) in [6, 6.07) is 6.20. The van der Waals surface area contributed by atoms with E-state index in [0.29, 0.717) is 0 Å². The van der Waals surface area contributed by atoms with E-state index in [-0.39, 0.29) is 0 Å². The van der Waals surface area contributed by atoms with Gasteiger partial charge in [-0.05, 0) is 37.6 Å². The Morgan fingerprint density at radius 3 is 2.93 bits per heavy atom. The van der Waals surface area contributed by atoms with E-state index < -0.39 is 0 Å². The Balaban J connectivity index is 2.73. The number of hydrogen-bond acceptors (Lipinski definition) is 2. The summed E-state index contributed by atoms with van der Waals surface area (Å²) in [7, 11) is 0. The van der Waals surface area contributed by atoms with Crippen LogP contribution in [0.3, 0.4) is 0 Å². The highest BCUT2D eigenvalue weighted by molar-refractivity contribution is 9.10. The van der Waals surface area contributed by atoms with Gasteiger partial charge >= 0.3 is 0 Å². The molecule has 0 fully saturated rings. The Kier molecular flexibility index (Phi) is 2.91. The maximum atomic E-state index is 4.40. The van der Waals surface area contributed by atoms with Crippen LogP contribution in [0.1, 0.15) is 12.5 Å². The van der Waals surface area contributed by atoms with Crippen LogP contribution in [0.25, 0.3) is 10.9 Å². The van der Waals surface area contributed by atoms with Gasteiger partial charge in [-0.1, -0.05) is 15.9 Å². The average Bonchev–Trinajstić information content (AvgIpc) is 2.19. The second kappa shape index (κ2) is 4.19. The molecule has 1 heterocycles. The molecule has 2 rings (SSSR count). The van der Waals surface area contributed by atoms with E-state index in [2.05, 4.69) is 52.2 Å². The van der Waals surface area contributed by atoms with Crippen LogP contribution in [0.4, 0.5) is 5.69 Å². The van der Waals surface area contributed by atoms with Crippen molar-refractivity contribution in [3.63, 3.8) is 0 Å². The van der Waals surface area contributed by atoms with Crippen LogP contribution in [0.5, 0.6) is 0 Å². The van der Waals surface area contributed by atoms with Crippen LogP contribution >= 0.6 is 15.9 Å². The van der Waals surface area contributed by atoms with E-state index >= 15 is 0 Å². The molecule has 0 unspecified atom stereocenters. The summed E-state index contributed by atoms with van der Waals surface area (Å²) < 4.78 is 1.10. The molecule has 0 atom stereocenters. The fourth-order valence-electron chi connectivity index (χ4n) is 1.73. The number of nitrogens with one attached hydrogen (secondary N) is 1. The minimum absolute atomic E-state index is 0.921. The molecule has 0 saturated carbocycles. The maximum Gasteiger partial charge on any atom is 0.0752 e. The summed E-state index contributed by atoms with van der Waals surface area (Å²) in [5.41, 5.74) is 3.41. The molecule has 3 heteroatoms. The second-order valence-corrected chi connectivity index (χ2v) is 4.42. The first-order valence-electron chi connectivity index (χ1n) is 5.01. The number of anilines is 1. The van der Waals surface area contributed by atoms with Crippen LogP contribution in [-0.2, 0) is 0 Å². The third kappa shape index (κ3) is 1.97. The summed E-state index contributed by atoms with van der Waals surface area (Å²) in [6.07, 6.45) is 1.85. The normalized spacial score (nSPS) is 10.6. The van der Waals surface area contributed by atoms with Gasteiger partial charge in [0.25, 0.3) is 0 Å². The minimum atomic E-state index is 0.921. The number of benzene rings is 1. The van der Waals surface area contributed by atoms with E-state index in [1.165, 1.54) is 10.9 Å². The minimum Gasteiger partial charge on any atom is -0.385 e. The summed E-state index contributed by atoms with van der Waals surface area (Å²) >= 11 is 3.51. The lowest BCUT2D eigenvalue weighted by Gasteiger charge is -2.09. The predicted octanol–water partition coefficient (Wildman–Crippen LogP) is 3.74. The van der Waals surface area contributed by atoms with Crippen LogP contribution in [0.2, 0.25) is 0 Å². The highest BCUT2D eigenvalue weighted by atomic mass is 79.9. The van der Waals surface area contributed by atoms with Crippen LogP contribution in [-0.4, -0.2) is 11.5 Å². The first-order chi connectivity index (χ1) is 7.22. The Hall–Kier alpha value is -1.09. The smallest absolute Gasteiger partial charge is 0.0752 e. The number of rotatable bonds is 2. The molecule has 0 aliphatic rings. The summed E-state index contributed by atoms with van der Waals surface area (Å²) in [6.45, 7) is 5.09. The number of hydrogen-bond donors (Lipinski definition) is 1. The van der Waals surface area contributed by atoms with Crippen molar-refractivity contribution in [2.45, 2.75) is 13.8 Å². The molecule has 0 radical (unpaired) electrons. The third-order valence-electron chi connectivity index (χ3n) is 2.37. The number of halogens is 1. The van der Waals surface area contributed by atoms with Gasteiger partial charge in [0.2, 0.25) is 0 Å². The second-order valence-electron chi connectivity index (χ2n) is 3.51. The number of pyridine rings is 1. The quantitative estimate of drug-likeness (QED) is 0.894. The standard InChI is InChI=1S/C12H13BrN2/c1-3-14-11-4-5-15-12-8(2)6-9(13)7-10(11)12/h4-7H,3H2,1-2H3,(H,14,15). The van der Waals surface area contributed by atoms with E-state index in [1.54, 1.807) is 0 Å². The molecule has 1 aromatic carbocycles. The van der Waals surface area contributed by atoms with Gasteiger partial charge in [0.15, 0.2) is 0 Å². The highest BCUT2D eigenvalue weighted by Gasteiger charge is 2.04. The Morgan fingerprint density at radius 2 is 2.20 bits per heavy atom. The zero-order chi connectivity index (χ0) is 10.8. The molecule has 1 aromatic heterocycles. The number of nitrogens with zero attached hydrogens (tertiary/aromatic N) is 1. The zero-order valence-corrected chi connectivity index (χ0v) is 10.4. The lowest BCUT2D eigenvalue weighted by Crippen LogP contribution is -1.98. The van der Waals surface area contributed by atoms with Gasteiger partial charge in [-0.2, -0.15) is 0 Å². The summed E-state index contributed by atoms with van der Waals surface area (Å²) in [5, 5.41) is 4.52. The van der Waals surface area contributed by atoms with Crippen molar-refractivity contribution in [3.05, 3.63) is 34.4 Å².